The van der Waals surface area contributed by atoms with Gasteiger partial charge in [0.25, 0.3) is 0 Å². The number of nitrogens with one attached hydrogen (secondary N) is 1. The van der Waals surface area contributed by atoms with Gasteiger partial charge in [-0.15, -0.1) is 0 Å². The second-order valence-corrected chi connectivity index (χ2v) is 12.4. The number of aromatic amines is 1. The van der Waals surface area contributed by atoms with Crippen LogP contribution in [0, 0.1) is 0 Å². The van der Waals surface area contributed by atoms with E-state index in [0.717, 1.165) is 10.9 Å². The number of hydrogen-bond acceptors (Lipinski definition) is 14. The number of aliphatic hydroxyl groups is 1. The highest BCUT2D eigenvalue weighted by Crippen LogP contribution is 2.60. The van der Waals surface area contributed by atoms with E-state index in [0.29, 0.717) is 0 Å². The molecule has 0 radical (unpaired) electrons. The quantitative estimate of drug-likeness (QED) is 0.130. The molecule has 2 aromatic heterocycles. The predicted octanol–water partition coefficient (Wildman–Crippen LogP) is -2.22. The number of aromatic nitrogens is 4. The van der Waals surface area contributed by atoms with Crippen LogP contribution in [0.4, 0.5) is 5.82 Å². The van der Waals surface area contributed by atoms with Crippen LogP contribution in [0.5, 0.6) is 0 Å². The molecule has 0 amide bonds. The fourth-order valence-electron chi connectivity index (χ4n) is 2.99. The fourth-order valence-corrected chi connectivity index (χ4v) is 6.38. The first kappa shape index (κ1) is 29.2. The molecule has 0 aliphatic carbocycles. The highest BCUT2D eigenvalue weighted by Gasteiger charge is 2.51. The van der Waals surface area contributed by atoms with Gasteiger partial charge < -0.3 is 44.9 Å². The maximum atomic E-state index is 12.0. The van der Waals surface area contributed by atoms with E-state index in [1.807, 2.05) is 0 Å². The third-order valence-corrected chi connectivity index (χ3v) is 8.47. The first-order valence-electron chi connectivity index (χ1n) is 8.85. The van der Waals surface area contributed by atoms with E-state index >= 15 is 0 Å². The molecule has 6 atom stereocenters. The lowest BCUT2D eigenvalue weighted by atomic mass is 10.1. The van der Waals surface area contributed by atoms with Crippen LogP contribution in [-0.2, 0) is 40.7 Å². The maximum absolute atomic E-state index is 12.0. The Kier molecular flexibility index (Phi) is 8.14. The van der Waals surface area contributed by atoms with Crippen molar-refractivity contribution in [2.24, 2.45) is 0 Å². The first-order chi connectivity index (χ1) is 16.3. The van der Waals surface area contributed by atoms with Crippen molar-refractivity contribution >= 4 is 48.3 Å². The molecule has 3 heterocycles. The van der Waals surface area contributed by atoms with Crippen molar-refractivity contribution in [3.63, 3.8) is 0 Å². The van der Waals surface area contributed by atoms with Crippen LogP contribution < -0.4 is 11.4 Å². The van der Waals surface area contributed by atoms with Crippen LogP contribution in [0.3, 0.4) is 0 Å². The Labute approximate surface area is 197 Å². The lowest BCUT2D eigenvalue weighted by molar-refractivity contribution is -0.0501. The van der Waals surface area contributed by atoms with Crippen LogP contribution >= 0.6 is 31.3 Å². The van der Waals surface area contributed by atoms with Crippen molar-refractivity contribution in [3.05, 3.63) is 16.8 Å². The van der Waals surface area contributed by atoms with Gasteiger partial charge in [0.1, 0.15) is 29.6 Å². The summed E-state index contributed by atoms with van der Waals surface area (Å²) in [6, 6.07) is 0. The van der Waals surface area contributed by atoms with E-state index in [4.69, 9.17) is 30.0 Å². The Hall–Kier alpha value is -1.41. The average molecular weight is 603 g/mol. The molecule has 204 valence electrons. The molecule has 0 aromatic carbocycles. The summed E-state index contributed by atoms with van der Waals surface area (Å²) < 4.78 is 68.0. The predicted molar refractivity (Wildman–Crippen MR) is 109 cm³/mol. The molecule has 1 saturated heterocycles. The molecular formula is C10H17N5O17P4. The van der Waals surface area contributed by atoms with Crippen LogP contribution in [0.2, 0.25) is 0 Å². The summed E-state index contributed by atoms with van der Waals surface area (Å²) in [5, 5.41) is 10.7. The molecular weight excluding hydrogens is 586 g/mol. The van der Waals surface area contributed by atoms with Gasteiger partial charge >= 0.3 is 37.0 Å². The van der Waals surface area contributed by atoms with Crippen LogP contribution in [0.15, 0.2) is 11.1 Å². The lowest BCUT2D eigenvalue weighted by Gasteiger charge is -2.23. The molecule has 36 heavy (non-hydrogen) atoms. The summed E-state index contributed by atoms with van der Waals surface area (Å²) in [6.07, 6.45) is -6.88. The molecule has 22 nitrogen and oxygen atoms in total. The number of imidazole rings is 1. The third-order valence-electron chi connectivity index (χ3n) is 4.13. The highest BCUT2D eigenvalue weighted by molar-refractivity contribution is 7.61. The number of nitrogens with zero attached hydrogens (tertiary/aromatic N) is 3. The zero-order valence-corrected chi connectivity index (χ0v) is 20.6. The van der Waals surface area contributed by atoms with Crippen molar-refractivity contribution in [1.82, 2.24) is 19.5 Å². The number of rotatable bonds is 10. The minimum atomic E-state index is -5.66. The smallest absolute Gasteiger partial charge is 0.386 e. The first-order valence-corrected chi connectivity index (χ1v) is 14.9. The highest BCUT2D eigenvalue weighted by atomic mass is 31.3. The van der Waals surface area contributed by atoms with Gasteiger partial charge in [0, 0.05) is 0 Å². The number of H-pyrrole nitrogens is 1. The summed E-state index contributed by atoms with van der Waals surface area (Å²) >= 11 is 0. The molecule has 1 aliphatic rings. The maximum Gasteiger partial charge on any atom is 0.481 e. The van der Waals surface area contributed by atoms with Gasteiger partial charge in [-0.1, -0.05) is 0 Å². The standard InChI is InChI=1S/C10H17N5O17P4/c11-7-4-8(14-10(17)13-7)15(2-12-4)9-5(16)6(30-36(26,27)32-34(21,22)23)3(29-9)1-28-35(24,25)31-33(18,19)20/h2-3,5-6,9,16H,1H2,(H,24,25)(H,26,27)(H2,18,19,20)(H2,21,22,23)(H3,11,13,14,17)/t3-,5-,6-,9-/m1/s1. The van der Waals surface area contributed by atoms with Gasteiger partial charge in [0.05, 0.1) is 12.9 Å². The van der Waals surface area contributed by atoms with Crippen molar-refractivity contribution in [1.29, 1.82) is 0 Å². The van der Waals surface area contributed by atoms with E-state index < -0.39 is 68.1 Å². The summed E-state index contributed by atoms with van der Waals surface area (Å²) in [6.45, 7) is -1.23. The Morgan fingerprint density at radius 3 is 2.22 bits per heavy atom. The summed E-state index contributed by atoms with van der Waals surface area (Å²) in [5.74, 6) is -0.241. The second kappa shape index (κ2) is 10.0. The molecule has 0 spiro atoms. The van der Waals surface area contributed by atoms with Gasteiger partial charge in [-0.05, 0) is 0 Å². The minimum Gasteiger partial charge on any atom is -0.386 e. The summed E-state index contributed by atoms with van der Waals surface area (Å²) in [7, 11) is -22.3. The molecule has 2 unspecified atom stereocenters. The third kappa shape index (κ3) is 7.33. The molecule has 26 heteroatoms. The zero-order valence-electron chi connectivity index (χ0n) is 17.0. The van der Waals surface area contributed by atoms with Crippen LogP contribution in [0.1, 0.15) is 6.23 Å². The van der Waals surface area contributed by atoms with Gasteiger partial charge in [0.15, 0.2) is 11.9 Å². The number of anilines is 1. The van der Waals surface area contributed by atoms with E-state index in [2.05, 4.69) is 32.6 Å². The van der Waals surface area contributed by atoms with Crippen LogP contribution in [0.25, 0.3) is 11.2 Å². The van der Waals surface area contributed by atoms with Crippen LogP contribution in [-0.4, -0.2) is 78.9 Å². The van der Waals surface area contributed by atoms with E-state index in [9.17, 15) is 37.9 Å². The van der Waals surface area contributed by atoms with Gasteiger partial charge in [-0.2, -0.15) is 13.6 Å². The number of aliphatic hydroxyl groups excluding tert-OH is 1. The zero-order chi connectivity index (χ0) is 27.3. The van der Waals surface area contributed by atoms with Crippen molar-refractivity contribution < 1.29 is 75.1 Å². The molecule has 1 fully saturated rings. The Morgan fingerprint density at radius 1 is 1.06 bits per heavy atom. The second-order valence-electron chi connectivity index (χ2n) is 6.78. The summed E-state index contributed by atoms with van der Waals surface area (Å²) in [5.41, 5.74) is 4.31. The topological polar surface area (TPSA) is 346 Å². The number of fused-ring (bicyclic) bond motifs is 1. The number of hydrogen-bond donors (Lipinski definition) is 9. The monoisotopic (exact) mass is 603 g/mol. The molecule has 2 aromatic rings. The SMILES string of the molecule is Nc1[nH]c(=O)nc2c1ncn2[C@@H]1O[C@H](COP(=O)(O)OP(=O)(O)O)[C@@H](OP(=O)(O)OP(=O)(O)O)[C@H]1O. The molecule has 10 N–H and O–H groups in total. The van der Waals surface area contributed by atoms with E-state index in [-0.39, 0.29) is 17.0 Å². The number of phosphoric acid groups is 4. The van der Waals surface area contributed by atoms with Crippen molar-refractivity contribution in [2.75, 3.05) is 12.3 Å². The van der Waals surface area contributed by atoms with E-state index in [1.54, 1.807) is 0 Å². The number of ether oxygens (including phenoxy) is 1. The Balaban J connectivity index is 1.95. The van der Waals surface area contributed by atoms with Gasteiger partial charge in [-0.3, -0.25) is 18.6 Å². The average Bonchev–Trinajstić information content (AvgIpc) is 3.18. The number of phosphoric ester groups is 2. The lowest BCUT2D eigenvalue weighted by Crippen LogP contribution is -2.36. The molecule has 1 aliphatic heterocycles. The fraction of sp³-hybridized carbons (Fsp3) is 0.500. The summed E-state index contributed by atoms with van der Waals surface area (Å²) in [4.78, 5) is 75.3. The van der Waals surface area contributed by atoms with Gasteiger partial charge in [-0.25, -0.2) is 28.0 Å². The van der Waals surface area contributed by atoms with Gasteiger partial charge in [0.2, 0.25) is 0 Å². The Bertz CT molecular complexity index is 1380. The normalized spacial score (nSPS) is 26.6. The molecule has 0 saturated carbocycles. The largest absolute Gasteiger partial charge is 0.481 e. The number of nitrogens with two attached hydrogens (primary N) is 1. The number of nitrogen functional groups attached to an aromatic ring is 1. The minimum absolute atomic E-state index is 0.0878. The molecule has 3 rings (SSSR count). The Morgan fingerprint density at radius 2 is 1.64 bits per heavy atom. The van der Waals surface area contributed by atoms with Crippen molar-refractivity contribution in [2.45, 2.75) is 24.5 Å². The van der Waals surface area contributed by atoms with Crippen molar-refractivity contribution in [3.8, 4) is 0 Å². The molecule has 0 bridgehead atoms. The van der Waals surface area contributed by atoms with E-state index in [1.165, 1.54) is 0 Å².